The molecule has 1 rings (SSSR count). The highest BCUT2D eigenvalue weighted by Crippen LogP contribution is 2.29. The first-order valence-electron chi connectivity index (χ1n) is 6.11. The van der Waals surface area contributed by atoms with Crippen molar-refractivity contribution in [2.24, 2.45) is 5.73 Å². The lowest BCUT2D eigenvalue weighted by atomic mass is 10.1. The van der Waals surface area contributed by atoms with Gasteiger partial charge in [-0.05, 0) is 38.5 Å². The molecule has 3 nitrogen and oxygen atoms in total. The summed E-state index contributed by atoms with van der Waals surface area (Å²) in [6.45, 7) is 6.09. The van der Waals surface area contributed by atoms with Gasteiger partial charge in [-0.2, -0.15) is 0 Å². The molecule has 5 heteroatoms. The monoisotopic (exact) mass is 345 g/mol. The molecule has 19 heavy (non-hydrogen) atoms. The molecule has 2 N–H and O–H groups in total. The van der Waals surface area contributed by atoms with Crippen LogP contribution >= 0.6 is 27.7 Å². The van der Waals surface area contributed by atoms with Crippen molar-refractivity contribution in [1.82, 2.24) is 0 Å². The van der Waals surface area contributed by atoms with Crippen LogP contribution in [0.15, 0.2) is 28.7 Å². The Morgan fingerprint density at radius 1 is 1.47 bits per heavy atom. The number of benzene rings is 1. The van der Waals surface area contributed by atoms with Crippen LogP contribution in [0.3, 0.4) is 0 Å². The van der Waals surface area contributed by atoms with E-state index in [-0.39, 0.29) is 11.2 Å². The predicted octanol–water partition coefficient (Wildman–Crippen LogP) is 3.52. The Kier molecular flexibility index (Phi) is 6.36. The molecule has 0 amide bonds. The standard InChI is InChI=1S/C14H20BrNO2S/c1-14(2,3)18-13(17)9-19-12(8-16)10-5-4-6-11(15)7-10/h4-7,12H,8-9,16H2,1-3H3. The van der Waals surface area contributed by atoms with E-state index in [2.05, 4.69) is 15.9 Å². The van der Waals surface area contributed by atoms with Crippen LogP contribution in [0.4, 0.5) is 0 Å². The molecule has 106 valence electrons. The van der Waals surface area contributed by atoms with Crippen molar-refractivity contribution in [2.45, 2.75) is 31.6 Å². The Hall–Kier alpha value is -0.520. The molecular weight excluding hydrogens is 326 g/mol. The van der Waals surface area contributed by atoms with Crippen LogP contribution in [0.25, 0.3) is 0 Å². The highest BCUT2D eigenvalue weighted by molar-refractivity contribution is 9.10. The minimum Gasteiger partial charge on any atom is -0.459 e. The molecule has 1 aromatic carbocycles. The summed E-state index contributed by atoms with van der Waals surface area (Å²) >= 11 is 4.95. The Bertz CT molecular complexity index is 432. The zero-order valence-electron chi connectivity index (χ0n) is 11.5. The maximum atomic E-state index is 11.7. The van der Waals surface area contributed by atoms with Gasteiger partial charge in [-0.15, -0.1) is 11.8 Å². The van der Waals surface area contributed by atoms with Crippen molar-refractivity contribution in [3.8, 4) is 0 Å². The lowest BCUT2D eigenvalue weighted by molar-refractivity contribution is -0.151. The zero-order chi connectivity index (χ0) is 14.5. The van der Waals surface area contributed by atoms with Crippen molar-refractivity contribution in [1.29, 1.82) is 0 Å². The smallest absolute Gasteiger partial charge is 0.316 e. The molecule has 0 heterocycles. The first kappa shape index (κ1) is 16.5. The average Bonchev–Trinajstić information content (AvgIpc) is 2.27. The number of thioether (sulfide) groups is 1. The van der Waals surface area contributed by atoms with E-state index in [1.54, 1.807) is 0 Å². The summed E-state index contributed by atoms with van der Waals surface area (Å²) in [6, 6.07) is 7.98. The molecule has 0 saturated heterocycles. The van der Waals surface area contributed by atoms with Crippen molar-refractivity contribution in [3.63, 3.8) is 0 Å². The van der Waals surface area contributed by atoms with E-state index in [9.17, 15) is 4.79 Å². The molecule has 1 aromatic rings. The summed E-state index contributed by atoms with van der Waals surface area (Å²) < 4.78 is 6.30. The number of hydrogen-bond acceptors (Lipinski definition) is 4. The van der Waals surface area contributed by atoms with Gasteiger partial charge < -0.3 is 10.5 Å². The second-order valence-corrected chi connectivity index (χ2v) is 7.28. The fraction of sp³-hybridized carbons (Fsp3) is 0.500. The van der Waals surface area contributed by atoms with Gasteiger partial charge >= 0.3 is 5.97 Å². The van der Waals surface area contributed by atoms with Crippen LogP contribution in [0, 0.1) is 0 Å². The second-order valence-electron chi connectivity index (χ2n) is 5.18. The van der Waals surface area contributed by atoms with Crippen molar-refractivity contribution >= 4 is 33.7 Å². The number of halogens is 1. The van der Waals surface area contributed by atoms with E-state index in [0.717, 1.165) is 10.0 Å². The maximum Gasteiger partial charge on any atom is 0.316 e. The third-order valence-electron chi connectivity index (χ3n) is 2.26. The fourth-order valence-electron chi connectivity index (χ4n) is 1.55. The second kappa shape index (κ2) is 7.31. The number of esters is 1. The Morgan fingerprint density at radius 2 is 2.16 bits per heavy atom. The van der Waals surface area contributed by atoms with Gasteiger partial charge in [0.05, 0.1) is 5.75 Å². The number of rotatable bonds is 5. The van der Waals surface area contributed by atoms with Gasteiger partial charge in [-0.3, -0.25) is 4.79 Å². The van der Waals surface area contributed by atoms with Gasteiger partial charge in [0, 0.05) is 16.3 Å². The highest BCUT2D eigenvalue weighted by atomic mass is 79.9. The summed E-state index contributed by atoms with van der Waals surface area (Å²) in [6.07, 6.45) is 0. The number of nitrogens with two attached hydrogens (primary N) is 1. The third kappa shape index (κ3) is 6.45. The summed E-state index contributed by atoms with van der Waals surface area (Å²) in [4.78, 5) is 11.7. The van der Waals surface area contributed by atoms with E-state index in [4.69, 9.17) is 10.5 Å². The first-order valence-corrected chi connectivity index (χ1v) is 7.95. The van der Waals surface area contributed by atoms with Gasteiger partial charge in [0.2, 0.25) is 0 Å². The van der Waals surface area contributed by atoms with Gasteiger partial charge in [0.25, 0.3) is 0 Å². The van der Waals surface area contributed by atoms with Crippen molar-refractivity contribution in [2.75, 3.05) is 12.3 Å². The van der Waals surface area contributed by atoms with E-state index < -0.39 is 5.60 Å². The van der Waals surface area contributed by atoms with Crippen LogP contribution in [-0.4, -0.2) is 23.9 Å². The third-order valence-corrected chi connectivity index (χ3v) is 4.02. The molecule has 0 radical (unpaired) electrons. The minimum atomic E-state index is -0.439. The molecule has 1 atom stereocenters. The molecule has 0 spiro atoms. The minimum absolute atomic E-state index is 0.102. The number of carbonyl (C=O) groups excluding carboxylic acids is 1. The molecule has 0 bridgehead atoms. The van der Waals surface area contributed by atoms with Crippen molar-refractivity contribution in [3.05, 3.63) is 34.3 Å². The van der Waals surface area contributed by atoms with E-state index in [1.165, 1.54) is 11.8 Å². The number of carbonyl (C=O) groups is 1. The summed E-state index contributed by atoms with van der Waals surface area (Å²) in [5.41, 5.74) is 6.46. The molecule has 0 aliphatic heterocycles. The Morgan fingerprint density at radius 3 is 2.68 bits per heavy atom. The van der Waals surface area contributed by atoms with Crippen LogP contribution in [0.5, 0.6) is 0 Å². The van der Waals surface area contributed by atoms with Crippen LogP contribution in [0.2, 0.25) is 0 Å². The fourth-order valence-corrected chi connectivity index (χ4v) is 2.84. The van der Waals surface area contributed by atoms with Crippen LogP contribution in [-0.2, 0) is 9.53 Å². The summed E-state index contributed by atoms with van der Waals surface area (Å²) in [5.74, 6) is 0.108. The summed E-state index contributed by atoms with van der Waals surface area (Å²) in [7, 11) is 0. The SMILES string of the molecule is CC(C)(C)OC(=O)CSC(CN)c1cccc(Br)c1. The molecule has 0 aliphatic rings. The van der Waals surface area contributed by atoms with Gasteiger partial charge in [0.1, 0.15) is 5.60 Å². The van der Waals surface area contributed by atoms with E-state index in [1.807, 2.05) is 45.0 Å². The lowest BCUT2D eigenvalue weighted by Crippen LogP contribution is -2.25. The number of ether oxygens (including phenoxy) is 1. The summed E-state index contributed by atoms with van der Waals surface area (Å²) in [5, 5.41) is 0.102. The van der Waals surface area contributed by atoms with Crippen molar-refractivity contribution < 1.29 is 9.53 Å². The topological polar surface area (TPSA) is 52.3 Å². The zero-order valence-corrected chi connectivity index (χ0v) is 13.9. The number of hydrogen-bond donors (Lipinski definition) is 1. The lowest BCUT2D eigenvalue weighted by Gasteiger charge is -2.20. The Labute approximate surface area is 127 Å². The molecule has 0 aromatic heterocycles. The average molecular weight is 346 g/mol. The molecule has 0 aliphatic carbocycles. The van der Waals surface area contributed by atoms with E-state index in [0.29, 0.717) is 12.3 Å². The van der Waals surface area contributed by atoms with Crippen LogP contribution < -0.4 is 5.73 Å². The van der Waals surface area contributed by atoms with Gasteiger partial charge in [-0.1, -0.05) is 28.1 Å². The molecule has 1 unspecified atom stereocenters. The van der Waals surface area contributed by atoms with Gasteiger partial charge in [0.15, 0.2) is 0 Å². The largest absolute Gasteiger partial charge is 0.459 e. The van der Waals surface area contributed by atoms with Crippen LogP contribution in [0.1, 0.15) is 31.6 Å². The predicted molar refractivity (Wildman–Crippen MR) is 84.2 cm³/mol. The molecule has 0 saturated carbocycles. The van der Waals surface area contributed by atoms with Gasteiger partial charge in [-0.25, -0.2) is 0 Å². The van der Waals surface area contributed by atoms with E-state index >= 15 is 0 Å². The quantitative estimate of drug-likeness (QED) is 0.829. The molecule has 0 fully saturated rings. The first-order chi connectivity index (χ1) is 8.81. The normalized spacial score (nSPS) is 13.1. The molecular formula is C14H20BrNO2S. The highest BCUT2D eigenvalue weighted by Gasteiger charge is 2.18. The maximum absolute atomic E-state index is 11.7. The Balaban J connectivity index is 2.56.